The van der Waals surface area contributed by atoms with Crippen LogP contribution in [0.4, 0.5) is 5.82 Å². The van der Waals surface area contributed by atoms with Crippen LogP contribution in [0.1, 0.15) is 55.3 Å². The first kappa shape index (κ1) is 21.0. The molecule has 1 aliphatic rings. The average molecular weight is 450 g/mol. The maximum absolute atomic E-state index is 9.80. The Hall–Kier alpha value is -2.92. The Balaban J connectivity index is 1.48. The minimum atomic E-state index is -1.04. The topological polar surface area (TPSA) is 93.3 Å². The second kappa shape index (κ2) is 9.70. The van der Waals surface area contributed by atoms with Gasteiger partial charge < -0.3 is 20.9 Å². The van der Waals surface area contributed by atoms with E-state index in [9.17, 15) is 5.11 Å². The smallest absolute Gasteiger partial charge is 0.166 e. The van der Waals surface area contributed by atoms with Gasteiger partial charge in [0, 0.05) is 23.5 Å². The van der Waals surface area contributed by atoms with Gasteiger partial charge >= 0.3 is 0 Å². The summed E-state index contributed by atoms with van der Waals surface area (Å²) in [4.78, 5) is 9.87. The molecule has 0 radical (unpaired) electrons. The van der Waals surface area contributed by atoms with Crippen molar-refractivity contribution < 1.29 is 11.3 Å². The number of rotatable bonds is 5. The summed E-state index contributed by atoms with van der Waals surface area (Å²) in [6.45, 7) is 4.41. The summed E-state index contributed by atoms with van der Waals surface area (Å²) in [6.07, 6.45) is 6.72. The molecule has 4 rings (SSSR count). The van der Waals surface area contributed by atoms with Gasteiger partial charge in [0.2, 0.25) is 0 Å². The Morgan fingerprint density at radius 3 is 3.00 bits per heavy atom. The zero-order valence-electron chi connectivity index (χ0n) is 19.3. The first-order valence-corrected chi connectivity index (χ1v) is 11.5. The number of hydrogen-bond donors (Lipinski definition) is 3. The van der Waals surface area contributed by atoms with Crippen molar-refractivity contribution in [1.29, 1.82) is 0 Å². The SMILES string of the molecule is [2H]N1CCCCC1c1ncc(-c2cnc(N)c(OCc3cccc(C#CC(C)(C)O)c3)c2)s1. The number of anilines is 1. The Labute approximate surface area is 194 Å². The highest BCUT2D eigenvalue weighted by Gasteiger charge is 2.19. The molecule has 0 spiro atoms. The normalized spacial score (nSPS) is 17.3. The van der Waals surface area contributed by atoms with Crippen molar-refractivity contribution in [1.82, 2.24) is 15.3 Å². The number of thiazole rings is 1. The van der Waals surface area contributed by atoms with Crippen LogP contribution in [0.5, 0.6) is 5.75 Å². The second-order valence-electron chi connectivity index (χ2n) is 8.39. The third-order valence-electron chi connectivity index (χ3n) is 5.04. The van der Waals surface area contributed by atoms with E-state index in [-0.39, 0.29) is 6.04 Å². The fourth-order valence-corrected chi connectivity index (χ4v) is 4.39. The van der Waals surface area contributed by atoms with Crippen LogP contribution in [0.25, 0.3) is 10.4 Å². The quantitative estimate of drug-likeness (QED) is 0.503. The Morgan fingerprint density at radius 1 is 1.31 bits per heavy atom. The summed E-state index contributed by atoms with van der Waals surface area (Å²) < 4.78 is 14.2. The Kier molecular flexibility index (Phi) is 6.35. The maximum Gasteiger partial charge on any atom is 0.166 e. The van der Waals surface area contributed by atoms with E-state index in [0.29, 0.717) is 18.2 Å². The number of aromatic nitrogens is 2. The highest BCUT2D eigenvalue weighted by atomic mass is 32.1. The lowest BCUT2D eigenvalue weighted by Crippen LogP contribution is -2.26. The van der Waals surface area contributed by atoms with Gasteiger partial charge in [0.05, 0.1) is 10.9 Å². The monoisotopic (exact) mass is 449 g/mol. The number of nitrogens with zero attached hydrogens (tertiary/aromatic N) is 2. The minimum absolute atomic E-state index is 0.0572. The lowest BCUT2D eigenvalue weighted by atomic mass is 10.1. The van der Waals surface area contributed by atoms with E-state index >= 15 is 0 Å². The van der Waals surface area contributed by atoms with Gasteiger partial charge in [-0.1, -0.05) is 30.4 Å². The van der Waals surface area contributed by atoms with Crippen molar-refractivity contribution in [2.24, 2.45) is 0 Å². The molecule has 0 bridgehead atoms. The van der Waals surface area contributed by atoms with Gasteiger partial charge in [-0.05, 0) is 57.0 Å². The van der Waals surface area contributed by atoms with Crippen molar-refractivity contribution in [2.45, 2.75) is 51.4 Å². The molecule has 1 atom stereocenters. The van der Waals surface area contributed by atoms with E-state index in [2.05, 4.69) is 21.8 Å². The van der Waals surface area contributed by atoms with Gasteiger partial charge in [-0.2, -0.15) is 0 Å². The van der Waals surface area contributed by atoms with Gasteiger partial charge in [0.25, 0.3) is 0 Å². The first-order valence-electron chi connectivity index (χ1n) is 11.2. The van der Waals surface area contributed by atoms with E-state index in [1.54, 1.807) is 36.7 Å². The summed E-state index contributed by atoms with van der Waals surface area (Å²) in [6, 6.07) is 9.63. The van der Waals surface area contributed by atoms with Crippen molar-refractivity contribution >= 4 is 17.2 Å². The minimum Gasteiger partial charge on any atom is -0.485 e. The number of hydrogen-bond acceptors (Lipinski definition) is 7. The van der Waals surface area contributed by atoms with Crippen molar-refractivity contribution in [3.05, 3.63) is 58.9 Å². The Morgan fingerprint density at radius 2 is 2.19 bits per heavy atom. The first-order chi connectivity index (χ1) is 15.8. The predicted molar refractivity (Wildman–Crippen MR) is 128 cm³/mol. The zero-order valence-corrected chi connectivity index (χ0v) is 19.2. The second-order valence-corrected chi connectivity index (χ2v) is 9.45. The van der Waals surface area contributed by atoms with Crippen LogP contribution in [-0.2, 0) is 6.61 Å². The number of aliphatic hydroxyl groups is 1. The van der Waals surface area contributed by atoms with Crippen LogP contribution in [0.2, 0.25) is 1.41 Å². The number of nitrogen functional groups attached to an aromatic ring is 1. The van der Waals surface area contributed by atoms with Crippen LogP contribution in [0.3, 0.4) is 0 Å². The third-order valence-corrected chi connectivity index (χ3v) is 6.19. The molecule has 0 saturated carbocycles. The molecular formula is C25H28N4O2S. The number of pyridine rings is 1. The van der Waals surface area contributed by atoms with Gasteiger partial charge in [-0.3, -0.25) is 0 Å². The molecule has 2 aromatic heterocycles. The van der Waals surface area contributed by atoms with Crippen LogP contribution in [-0.4, -0.2) is 27.2 Å². The van der Waals surface area contributed by atoms with E-state index < -0.39 is 5.60 Å². The van der Waals surface area contributed by atoms with Gasteiger partial charge in [-0.25, -0.2) is 9.97 Å². The average Bonchev–Trinajstić information content (AvgIpc) is 3.27. The van der Waals surface area contributed by atoms with E-state index in [0.717, 1.165) is 52.4 Å². The fraction of sp³-hybridized carbons (Fsp3) is 0.360. The molecule has 32 heavy (non-hydrogen) atoms. The van der Waals surface area contributed by atoms with E-state index in [1.807, 2.05) is 36.5 Å². The summed E-state index contributed by atoms with van der Waals surface area (Å²) in [5.41, 5.74) is 7.66. The molecule has 7 heteroatoms. The molecule has 6 nitrogen and oxygen atoms in total. The molecule has 4 N–H and O–H groups in total. The predicted octanol–water partition coefficient (Wildman–Crippen LogP) is 4.30. The molecule has 166 valence electrons. The van der Waals surface area contributed by atoms with E-state index in [1.165, 1.54) is 0 Å². The molecular weight excluding hydrogens is 420 g/mol. The third kappa shape index (κ3) is 5.86. The van der Waals surface area contributed by atoms with Gasteiger partial charge in [0.1, 0.15) is 18.6 Å². The molecule has 1 unspecified atom stereocenters. The summed E-state index contributed by atoms with van der Waals surface area (Å²) in [7, 11) is 0. The largest absolute Gasteiger partial charge is 0.485 e. The lowest BCUT2D eigenvalue weighted by Gasteiger charge is -2.21. The molecule has 3 heterocycles. The highest BCUT2D eigenvalue weighted by Crippen LogP contribution is 2.34. The summed E-state index contributed by atoms with van der Waals surface area (Å²) >= 11 is 1.59. The Bertz CT molecular complexity index is 1180. The van der Waals surface area contributed by atoms with Crippen LogP contribution < -0.4 is 15.8 Å². The van der Waals surface area contributed by atoms with E-state index in [4.69, 9.17) is 11.9 Å². The number of benzene rings is 1. The molecule has 1 fully saturated rings. The molecule has 1 aliphatic heterocycles. The summed E-state index contributed by atoms with van der Waals surface area (Å²) in [5, 5.41) is 12.4. The number of ether oxygens (including phenoxy) is 1. The van der Waals surface area contributed by atoms with Gasteiger partial charge in [-0.15, -0.1) is 11.3 Å². The van der Waals surface area contributed by atoms with Crippen LogP contribution >= 0.6 is 11.3 Å². The summed E-state index contributed by atoms with van der Waals surface area (Å²) in [5.74, 6) is 6.63. The van der Waals surface area contributed by atoms with Crippen molar-refractivity contribution in [3.63, 3.8) is 0 Å². The molecule has 0 aliphatic carbocycles. The van der Waals surface area contributed by atoms with Crippen LogP contribution in [0.15, 0.2) is 42.7 Å². The highest BCUT2D eigenvalue weighted by molar-refractivity contribution is 7.15. The van der Waals surface area contributed by atoms with Crippen molar-refractivity contribution in [3.8, 4) is 28.0 Å². The van der Waals surface area contributed by atoms with Gasteiger partial charge in [0.15, 0.2) is 11.6 Å². The van der Waals surface area contributed by atoms with Crippen molar-refractivity contribution in [2.75, 3.05) is 12.3 Å². The molecule has 1 saturated heterocycles. The maximum atomic E-state index is 9.80. The molecule has 0 amide bonds. The number of nitrogens with one attached hydrogen (secondary N) is 1. The number of piperidine rings is 1. The number of nitrogens with two attached hydrogens (primary N) is 1. The molecule has 1 aromatic carbocycles. The molecule has 3 aromatic rings. The standard InChI is InChI=1S/C25H28N4O2S/c1-25(2,30)10-9-17-6-5-7-18(12-17)16-31-21-13-19(14-28-23(21)26)22-15-29-24(32-22)20-8-3-4-11-27-20/h5-7,12-15,20,27,30H,3-4,8,11,16H2,1-2H3,(H2,26,28)/i/hD. The fourth-order valence-electron chi connectivity index (χ4n) is 3.40. The lowest BCUT2D eigenvalue weighted by molar-refractivity contribution is 0.143. The van der Waals surface area contributed by atoms with Crippen LogP contribution in [0, 0.1) is 11.8 Å². The zero-order chi connectivity index (χ0) is 23.4.